The van der Waals surface area contributed by atoms with E-state index in [2.05, 4.69) is 4.72 Å². The number of thioether (sulfide) groups is 1. The standard InChI is InChI=1S/C16H19NO2S2/c1-4-20-15-8-6-5-7-14(15)17-21(18,19)16-11-12(2)9-10-13(16)3/h5-11,17H,4H2,1-3H3. The van der Waals surface area contributed by atoms with E-state index >= 15 is 0 Å². The Hall–Kier alpha value is -1.46. The summed E-state index contributed by atoms with van der Waals surface area (Å²) in [5.74, 6) is 0.891. The molecular formula is C16H19NO2S2. The van der Waals surface area contributed by atoms with Gasteiger partial charge in [0.2, 0.25) is 0 Å². The van der Waals surface area contributed by atoms with Crippen molar-refractivity contribution in [1.29, 1.82) is 0 Å². The molecule has 0 heterocycles. The minimum Gasteiger partial charge on any atom is -0.278 e. The van der Waals surface area contributed by atoms with E-state index in [1.807, 2.05) is 44.2 Å². The Labute approximate surface area is 130 Å². The van der Waals surface area contributed by atoms with E-state index in [4.69, 9.17) is 0 Å². The molecule has 3 nitrogen and oxygen atoms in total. The number of sulfonamides is 1. The molecule has 0 spiro atoms. The lowest BCUT2D eigenvalue weighted by Gasteiger charge is -2.13. The van der Waals surface area contributed by atoms with Crippen molar-refractivity contribution in [2.45, 2.75) is 30.6 Å². The highest BCUT2D eigenvalue weighted by molar-refractivity contribution is 7.99. The van der Waals surface area contributed by atoms with Gasteiger partial charge in [-0.1, -0.05) is 31.2 Å². The highest BCUT2D eigenvalue weighted by Gasteiger charge is 2.18. The van der Waals surface area contributed by atoms with Gasteiger partial charge in [0.25, 0.3) is 10.0 Å². The minimum atomic E-state index is -3.57. The molecule has 0 saturated heterocycles. The van der Waals surface area contributed by atoms with Crippen LogP contribution in [0.4, 0.5) is 5.69 Å². The molecule has 2 aromatic rings. The zero-order chi connectivity index (χ0) is 15.5. The molecule has 0 amide bonds. The lowest BCUT2D eigenvalue weighted by Crippen LogP contribution is -2.15. The molecule has 0 fully saturated rings. The van der Waals surface area contributed by atoms with Crippen LogP contribution in [0.15, 0.2) is 52.3 Å². The van der Waals surface area contributed by atoms with Crippen LogP contribution < -0.4 is 4.72 Å². The summed E-state index contributed by atoms with van der Waals surface area (Å²) in [6.45, 7) is 5.74. The second-order valence-electron chi connectivity index (χ2n) is 4.80. The van der Waals surface area contributed by atoms with E-state index in [9.17, 15) is 8.42 Å². The highest BCUT2D eigenvalue weighted by atomic mass is 32.2. The maximum Gasteiger partial charge on any atom is 0.262 e. The summed E-state index contributed by atoms with van der Waals surface area (Å²) in [4.78, 5) is 1.27. The Morgan fingerprint density at radius 1 is 1.10 bits per heavy atom. The average molecular weight is 321 g/mol. The van der Waals surface area contributed by atoms with Crippen LogP contribution in [0.3, 0.4) is 0 Å². The number of nitrogens with one attached hydrogen (secondary N) is 1. The number of benzene rings is 2. The number of para-hydroxylation sites is 1. The quantitative estimate of drug-likeness (QED) is 0.839. The number of rotatable bonds is 5. The number of hydrogen-bond acceptors (Lipinski definition) is 3. The van der Waals surface area contributed by atoms with Crippen molar-refractivity contribution in [2.24, 2.45) is 0 Å². The third kappa shape index (κ3) is 3.80. The Balaban J connectivity index is 2.40. The molecule has 0 aliphatic carbocycles. The fourth-order valence-electron chi connectivity index (χ4n) is 2.03. The maximum absolute atomic E-state index is 12.6. The van der Waals surface area contributed by atoms with Gasteiger partial charge in [0.05, 0.1) is 10.6 Å². The minimum absolute atomic E-state index is 0.332. The van der Waals surface area contributed by atoms with Crippen LogP contribution in [0.25, 0.3) is 0 Å². The Morgan fingerprint density at radius 3 is 2.52 bits per heavy atom. The van der Waals surface area contributed by atoms with Gasteiger partial charge in [-0.15, -0.1) is 11.8 Å². The van der Waals surface area contributed by atoms with Crippen molar-refractivity contribution in [3.05, 3.63) is 53.6 Å². The molecular weight excluding hydrogens is 302 g/mol. The van der Waals surface area contributed by atoms with Crippen molar-refractivity contribution in [3.8, 4) is 0 Å². The van der Waals surface area contributed by atoms with Gasteiger partial charge >= 0.3 is 0 Å². The molecule has 0 radical (unpaired) electrons. The molecule has 2 rings (SSSR count). The van der Waals surface area contributed by atoms with Crippen LogP contribution in [0.2, 0.25) is 0 Å². The fraction of sp³-hybridized carbons (Fsp3) is 0.250. The first-order valence-corrected chi connectivity index (χ1v) is 9.23. The van der Waals surface area contributed by atoms with Gasteiger partial charge in [0.1, 0.15) is 0 Å². The topological polar surface area (TPSA) is 46.2 Å². The molecule has 0 atom stereocenters. The molecule has 0 bridgehead atoms. The van der Waals surface area contributed by atoms with E-state index in [1.54, 1.807) is 30.8 Å². The number of aryl methyl sites for hydroxylation is 2. The highest BCUT2D eigenvalue weighted by Crippen LogP contribution is 2.29. The first-order chi connectivity index (χ1) is 9.94. The van der Waals surface area contributed by atoms with Crippen molar-refractivity contribution in [3.63, 3.8) is 0 Å². The lowest BCUT2D eigenvalue weighted by molar-refractivity contribution is 0.600. The van der Waals surface area contributed by atoms with Gasteiger partial charge in [0.15, 0.2) is 0 Å². The van der Waals surface area contributed by atoms with E-state index in [1.165, 1.54) is 0 Å². The molecule has 0 unspecified atom stereocenters. The summed E-state index contributed by atoms with van der Waals surface area (Å²) in [7, 11) is -3.57. The summed E-state index contributed by atoms with van der Waals surface area (Å²) in [5, 5.41) is 0. The van der Waals surface area contributed by atoms with Gasteiger partial charge in [-0.3, -0.25) is 4.72 Å². The third-order valence-corrected chi connectivity index (χ3v) is 5.53. The van der Waals surface area contributed by atoms with Gasteiger partial charge in [-0.05, 0) is 48.9 Å². The van der Waals surface area contributed by atoms with Gasteiger partial charge in [0, 0.05) is 4.90 Å². The third-order valence-electron chi connectivity index (χ3n) is 3.06. The molecule has 2 aromatic carbocycles. The summed E-state index contributed by atoms with van der Waals surface area (Å²) < 4.78 is 27.9. The monoisotopic (exact) mass is 321 g/mol. The molecule has 0 aliphatic heterocycles. The molecule has 0 saturated carbocycles. The molecule has 21 heavy (non-hydrogen) atoms. The predicted octanol–water partition coefficient (Wildman–Crippen LogP) is 4.22. The molecule has 0 aliphatic rings. The predicted molar refractivity (Wildman–Crippen MR) is 89.6 cm³/mol. The van der Waals surface area contributed by atoms with Crippen molar-refractivity contribution >= 4 is 27.5 Å². The van der Waals surface area contributed by atoms with Crippen LogP contribution in [0.5, 0.6) is 0 Å². The summed E-state index contributed by atoms with van der Waals surface area (Å²) in [6, 6.07) is 12.9. The normalized spacial score (nSPS) is 11.4. The maximum atomic E-state index is 12.6. The van der Waals surface area contributed by atoms with Crippen molar-refractivity contribution in [1.82, 2.24) is 0 Å². The van der Waals surface area contributed by atoms with Crippen LogP contribution in [-0.2, 0) is 10.0 Å². The molecule has 0 aromatic heterocycles. The number of anilines is 1. The van der Waals surface area contributed by atoms with Crippen LogP contribution in [0.1, 0.15) is 18.1 Å². The first kappa shape index (κ1) is 15.9. The first-order valence-electron chi connectivity index (χ1n) is 6.76. The lowest BCUT2D eigenvalue weighted by atomic mass is 10.2. The molecule has 1 N–H and O–H groups in total. The summed E-state index contributed by atoms with van der Waals surface area (Å²) >= 11 is 1.62. The van der Waals surface area contributed by atoms with Gasteiger partial charge in [-0.25, -0.2) is 8.42 Å². The SMILES string of the molecule is CCSc1ccccc1NS(=O)(=O)c1cc(C)ccc1C. The Bertz CT molecular complexity index is 740. The van der Waals surface area contributed by atoms with Gasteiger partial charge < -0.3 is 0 Å². The number of hydrogen-bond donors (Lipinski definition) is 1. The Kier molecular flexibility index (Phi) is 4.96. The van der Waals surface area contributed by atoms with E-state index in [0.717, 1.165) is 21.8 Å². The summed E-state index contributed by atoms with van der Waals surface area (Å²) in [5.41, 5.74) is 2.30. The zero-order valence-electron chi connectivity index (χ0n) is 12.4. The van der Waals surface area contributed by atoms with Crippen LogP contribution in [-0.4, -0.2) is 14.2 Å². The summed E-state index contributed by atoms with van der Waals surface area (Å²) in [6.07, 6.45) is 0. The van der Waals surface area contributed by atoms with E-state index in [-0.39, 0.29) is 0 Å². The molecule has 112 valence electrons. The van der Waals surface area contributed by atoms with Crippen molar-refractivity contribution in [2.75, 3.05) is 10.5 Å². The van der Waals surface area contributed by atoms with Crippen LogP contribution >= 0.6 is 11.8 Å². The second kappa shape index (κ2) is 6.54. The second-order valence-corrected chi connectivity index (χ2v) is 7.76. The van der Waals surface area contributed by atoms with E-state index in [0.29, 0.717) is 10.6 Å². The van der Waals surface area contributed by atoms with E-state index < -0.39 is 10.0 Å². The fourth-order valence-corrected chi connectivity index (χ4v) is 4.26. The zero-order valence-corrected chi connectivity index (χ0v) is 14.0. The largest absolute Gasteiger partial charge is 0.278 e. The van der Waals surface area contributed by atoms with Crippen LogP contribution in [0, 0.1) is 13.8 Å². The smallest absolute Gasteiger partial charge is 0.262 e. The molecule has 5 heteroatoms. The van der Waals surface area contributed by atoms with Gasteiger partial charge in [-0.2, -0.15) is 0 Å². The Morgan fingerprint density at radius 2 is 1.81 bits per heavy atom. The van der Waals surface area contributed by atoms with Crippen molar-refractivity contribution < 1.29 is 8.42 Å². The average Bonchev–Trinajstić information content (AvgIpc) is 2.43.